The van der Waals surface area contributed by atoms with Gasteiger partial charge in [0.15, 0.2) is 0 Å². The molecule has 4 aliphatic rings. The van der Waals surface area contributed by atoms with Crippen molar-refractivity contribution in [1.29, 1.82) is 0 Å². The predicted molar refractivity (Wildman–Crippen MR) is 204 cm³/mol. The zero-order valence-corrected chi connectivity index (χ0v) is 31.7. The van der Waals surface area contributed by atoms with Gasteiger partial charge in [0.25, 0.3) is 5.91 Å². The highest BCUT2D eigenvalue weighted by Gasteiger charge is 2.57. The summed E-state index contributed by atoms with van der Waals surface area (Å²) in [4.78, 5) is 35.7. The molecule has 274 valence electrons. The lowest BCUT2D eigenvalue weighted by atomic mass is 9.45. The Bertz CT molecular complexity index is 1690. The molecule has 3 aromatic carbocycles. The Hall–Kier alpha value is -3.92. The van der Waals surface area contributed by atoms with Crippen LogP contribution in [0, 0.1) is 29.1 Å². The van der Waals surface area contributed by atoms with Crippen molar-refractivity contribution in [3.8, 4) is 16.9 Å². The van der Waals surface area contributed by atoms with Gasteiger partial charge in [-0.2, -0.15) is 5.06 Å². The van der Waals surface area contributed by atoms with Crippen molar-refractivity contribution in [3.05, 3.63) is 83.4 Å². The summed E-state index contributed by atoms with van der Waals surface area (Å²) in [6.07, 6.45) is 3.21. The Balaban J connectivity index is 1.26. The molecule has 3 aromatic rings. The molecule has 0 radical (unpaired) electrons. The Morgan fingerprint density at radius 3 is 2.49 bits per heavy atom. The largest absolute Gasteiger partial charge is 0.496 e. The maximum absolute atomic E-state index is 14.5. The maximum atomic E-state index is 14.5. The minimum Gasteiger partial charge on any atom is -0.496 e. The van der Waals surface area contributed by atoms with Crippen LogP contribution in [0.2, 0.25) is 0 Å². The van der Waals surface area contributed by atoms with Gasteiger partial charge in [-0.3, -0.25) is 14.4 Å². The monoisotopic (exact) mass is 695 g/mol. The number of hydroxylamine groups is 2. The second-order valence-electron chi connectivity index (χ2n) is 15.8. The second kappa shape index (κ2) is 15.4. The van der Waals surface area contributed by atoms with Crippen molar-refractivity contribution in [1.82, 2.24) is 21.0 Å². The topological polar surface area (TPSA) is 95.2 Å². The highest BCUT2D eigenvalue weighted by Crippen LogP contribution is 2.61. The molecule has 2 bridgehead atoms. The third-order valence-corrected chi connectivity index (χ3v) is 12.3. The van der Waals surface area contributed by atoms with Crippen LogP contribution in [-0.2, 0) is 22.6 Å². The first-order valence-corrected chi connectivity index (χ1v) is 18.6. The molecule has 1 saturated heterocycles. The molecule has 3 N–H and O–H groups in total. The van der Waals surface area contributed by atoms with Gasteiger partial charge < -0.3 is 25.6 Å². The van der Waals surface area contributed by atoms with E-state index in [1.165, 1.54) is 12.0 Å². The van der Waals surface area contributed by atoms with E-state index in [9.17, 15) is 9.59 Å². The molecule has 1 heterocycles. The minimum absolute atomic E-state index is 0.0363. The van der Waals surface area contributed by atoms with Crippen molar-refractivity contribution < 1.29 is 19.2 Å². The predicted octanol–water partition coefficient (Wildman–Crippen LogP) is 5.93. The third-order valence-electron chi connectivity index (χ3n) is 12.3. The van der Waals surface area contributed by atoms with Crippen molar-refractivity contribution in [2.75, 3.05) is 46.3 Å². The first-order chi connectivity index (χ1) is 24.4. The molecule has 7 rings (SSSR count). The number of para-hydroxylation sites is 1. The van der Waals surface area contributed by atoms with Gasteiger partial charge in [-0.25, -0.2) is 0 Å². The molecular weight excluding hydrogens is 638 g/mol. The minimum atomic E-state index is -0.479. The van der Waals surface area contributed by atoms with E-state index < -0.39 is 6.04 Å². The van der Waals surface area contributed by atoms with E-state index in [1.54, 1.807) is 14.2 Å². The van der Waals surface area contributed by atoms with Crippen molar-refractivity contribution in [3.63, 3.8) is 0 Å². The summed E-state index contributed by atoms with van der Waals surface area (Å²) < 4.78 is 6.10. The SMILES string of the molecule is CNC(=O)c1cc(-c2cccc(CN3OC[C@H]([C@@H](C)NCCc4ccccc4)[C@H]3C(=O)N[C@H]3C[C@H]4C[C@@H]([C@@H]3C)C4(C)C)c2OC)cc(N(C)C)c1. The summed E-state index contributed by atoms with van der Waals surface area (Å²) >= 11 is 0. The number of benzene rings is 3. The maximum Gasteiger partial charge on any atom is 0.251 e. The lowest BCUT2D eigenvalue weighted by molar-refractivity contribution is -0.161. The molecule has 1 aliphatic heterocycles. The van der Waals surface area contributed by atoms with E-state index in [2.05, 4.69) is 74.0 Å². The number of hydrogen-bond donors (Lipinski definition) is 3. The molecule has 4 fully saturated rings. The number of carbonyl (C=O) groups is 2. The van der Waals surface area contributed by atoms with E-state index in [1.807, 2.05) is 60.5 Å². The number of methoxy groups -OCH3 is 1. The molecule has 9 nitrogen and oxygen atoms in total. The van der Waals surface area contributed by atoms with Crippen molar-refractivity contribution in [2.24, 2.45) is 29.1 Å². The highest BCUT2D eigenvalue weighted by atomic mass is 16.7. The molecule has 0 aromatic heterocycles. The van der Waals surface area contributed by atoms with Gasteiger partial charge in [-0.1, -0.05) is 69.3 Å². The van der Waals surface area contributed by atoms with Crippen LogP contribution in [0.3, 0.4) is 0 Å². The number of nitrogens with zero attached hydrogens (tertiary/aromatic N) is 2. The number of ether oxygens (including phenoxy) is 1. The summed E-state index contributed by atoms with van der Waals surface area (Å²) in [7, 11) is 7.23. The molecule has 3 saturated carbocycles. The molecular formula is C42H57N5O4. The molecule has 3 aliphatic carbocycles. The summed E-state index contributed by atoms with van der Waals surface area (Å²) in [5, 5.41) is 11.9. The summed E-state index contributed by atoms with van der Waals surface area (Å²) in [5.41, 5.74) is 5.76. The van der Waals surface area contributed by atoms with Crippen LogP contribution >= 0.6 is 0 Å². The van der Waals surface area contributed by atoms with E-state index >= 15 is 0 Å². The number of carbonyl (C=O) groups excluding carboxylic acids is 2. The number of anilines is 1. The van der Waals surface area contributed by atoms with Crippen LogP contribution in [-0.4, -0.2) is 76.4 Å². The van der Waals surface area contributed by atoms with Gasteiger partial charge >= 0.3 is 0 Å². The third kappa shape index (κ3) is 7.52. The van der Waals surface area contributed by atoms with Crippen LogP contribution in [0.5, 0.6) is 5.75 Å². The van der Waals surface area contributed by atoms with E-state index in [-0.39, 0.29) is 29.8 Å². The molecule has 7 atom stereocenters. The normalized spacial score (nSPS) is 25.8. The summed E-state index contributed by atoms with van der Waals surface area (Å²) in [6.45, 7) is 10.9. The second-order valence-corrected chi connectivity index (χ2v) is 15.8. The van der Waals surface area contributed by atoms with Crippen molar-refractivity contribution in [2.45, 2.75) is 71.6 Å². The van der Waals surface area contributed by atoms with Gasteiger partial charge in [0, 0.05) is 61.5 Å². The van der Waals surface area contributed by atoms with Gasteiger partial charge in [0.1, 0.15) is 11.8 Å². The standard InChI is InChI=1S/C42H57N5O4/c1-26-36-22-32(42(36,3)4)23-37(26)45-41(49)38-35(27(2)44-18-17-28-13-10-9-11-14-28)25-51-47(38)24-29-15-12-16-34(39(29)50-8)30-19-31(40(48)43-5)21-33(20-30)46(6)7/h9-16,19-21,26-27,32,35-38,44H,17-18,22-25H2,1-8H3,(H,43,48)(H,45,49)/t26-,27+,32+,35+,36-,37-,38-/m0/s1. The molecule has 2 amide bonds. The number of amides is 2. The van der Waals surface area contributed by atoms with Gasteiger partial charge in [-0.05, 0) is 85.2 Å². The average molecular weight is 696 g/mol. The zero-order valence-electron chi connectivity index (χ0n) is 31.7. The number of nitrogens with one attached hydrogen (secondary N) is 3. The van der Waals surface area contributed by atoms with E-state index in [0.29, 0.717) is 47.6 Å². The number of rotatable bonds is 13. The number of hydrogen-bond acceptors (Lipinski definition) is 7. The summed E-state index contributed by atoms with van der Waals surface area (Å²) in [6, 6.07) is 22.1. The molecule has 51 heavy (non-hydrogen) atoms. The van der Waals surface area contributed by atoms with Crippen molar-refractivity contribution >= 4 is 17.5 Å². The van der Waals surface area contributed by atoms with Crippen LogP contribution in [0.25, 0.3) is 11.1 Å². The van der Waals surface area contributed by atoms with Crippen LogP contribution in [0.4, 0.5) is 5.69 Å². The fraction of sp³-hybridized carbons (Fsp3) is 0.524. The lowest BCUT2D eigenvalue weighted by Gasteiger charge is -2.62. The molecule has 0 unspecified atom stereocenters. The van der Waals surface area contributed by atoms with Crippen LogP contribution in [0.1, 0.15) is 62.0 Å². The molecule has 0 spiro atoms. The fourth-order valence-corrected chi connectivity index (χ4v) is 8.95. The highest BCUT2D eigenvalue weighted by molar-refractivity contribution is 5.97. The Kier molecular flexibility index (Phi) is 11.1. The lowest BCUT2D eigenvalue weighted by Crippen LogP contribution is -2.62. The summed E-state index contributed by atoms with van der Waals surface area (Å²) in [5.74, 6) is 2.24. The first-order valence-electron chi connectivity index (χ1n) is 18.6. The number of fused-ring (bicyclic) bond motifs is 2. The Morgan fingerprint density at radius 2 is 1.82 bits per heavy atom. The van der Waals surface area contributed by atoms with Gasteiger partial charge in [0.2, 0.25) is 5.91 Å². The smallest absolute Gasteiger partial charge is 0.251 e. The van der Waals surface area contributed by atoms with E-state index in [0.717, 1.165) is 41.8 Å². The molecule has 9 heteroatoms. The Labute approximate surface area is 304 Å². The average Bonchev–Trinajstić information content (AvgIpc) is 3.55. The zero-order chi connectivity index (χ0) is 36.4. The van der Waals surface area contributed by atoms with Crippen LogP contribution in [0.15, 0.2) is 66.7 Å². The fourth-order valence-electron chi connectivity index (χ4n) is 8.95. The van der Waals surface area contributed by atoms with Gasteiger partial charge in [0.05, 0.1) is 20.3 Å². The Morgan fingerprint density at radius 1 is 1.06 bits per heavy atom. The van der Waals surface area contributed by atoms with Crippen LogP contribution < -0.4 is 25.6 Å². The quantitative estimate of drug-likeness (QED) is 0.204. The first kappa shape index (κ1) is 36.9. The van der Waals surface area contributed by atoms with E-state index in [4.69, 9.17) is 9.57 Å². The van der Waals surface area contributed by atoms with Gasteiger partial charge in [-0.15, -0.1) is 0 Å².